The van der Waals surface area contributed by atoms with Gasteiger partial charge in [-0.25, -0.2) is 0 Å². The van der Waals surface area contributed by atoms with E-state index in [9.17, 15) is 4.79 Å². The molecule has 1 saturated carbocycles. The first-order chi connectivity index (χ1) is 9.24. The van der Waals surface area contributed by atoms with E-state index in [4.69, 9.17) is 5.73 Å². The summed E-state index contributed by atoms with van der Waals surface area (Å²) in [4.78, 5) is 12.1. The molecule has 0 bridgehead atoms. The van der Waals surface area contributed by atoms with Gasteiger partial charge in [0, 0.05) is 23.9 Å². The normalized spacial score (nSPS) is 21.1. The quantitative estimate of drug-likeness (QED) is 0.849. The van der Waals surface area contributed by atoms with E-state index in [-0.39, 0.29) is 5.78 Å². The highest BCUT2D eigenvalue weighted by Gasteiger charge is 2.34. The van der Waals surface area contributed by atoms with Gasteiger partial charge < -0.3 is 5.73 Å². The van der Waals surface area contributed by atoms with Crippen LogP contribution < -0.4 is 5.73 Å². The third-order valence-corrected chi connectivity index (χ3v) is 3.71. The van der Waals surface area contributed by atoms with Crippen LogP contribution in [0.25, 0.3) is 0 Å². The van der Waals surface area contributed by atoms with Crippen molar-refractivity contribution in [3.8, 4) is 0 Å². The average Bonchev–Trinajstić information content (AvgIpc) is 3.18. The van der Waals surface area contributed by atoms with E-state index < -0.39 is 0 Å². The van der Waals surface area contributed by atoms with E-state index in [0.29, 0.717) is 18.4 Å². The number of Topliss-reactive ketones (excluding diaryl/α,β-unsaturated/α-hetero) is 1. The largest absolute Gasteiger partial charge is 0.327 e. The molecule has 1 fully saturated rings. The monoisotopic (exact) mass is 251 g/mol. The van der Waals surface area contributed by atoms with Crippen LogP contribution in [-0.2, 0) is 6.42 Å². The Morgan fingerprint density at radius 2 is 1.68 bits per heavy atom. The zero-order valence-electron chi connectivity index (χ0n) is 10.8. The number of carbonyl (C=O) groups excluding carboxylic acids is 1. The summed E-state index contributed by atoms with van der Waals surface area (Å²) in [6.07, 6.45) is 1.54. The van der Waals surface area contributed by atoms with E-state index in [2.05, 4.69) is 12.1 Å². The topological polar surface area (TPSA) is 43.1 Å². The molecule has 2 unspecified atom stereocenters. The van der Waals surface area contributed by atoms with Gasteiger partial charge in [-0.05, 0) is 17.5 Å². The Balaban J connectivity index is 1.68. The number of benzene rings is 2. The zero-order chi connectivity index (χ0) is 13.2. The lowest BCUT2D eigenvalue weighted by molar-refractivity contribution is 0.0993. The maximum Gasteiger partial charge on any atom is 0.167 e. The fraction of sp³-hybridized carbons (Fsp3) is 0.235. The number of carbonyl (C=O) groups is 1. The van der Waals surface area contributed by atoms with Gasteiger partial charge in [0.2, 0.25) is 0 Å². The molecule has 2 aromatic carbocycles. The van der Waals surface area contributed by atoms with Crippen molar-refractivity contribution in [1.29, 1.82) is 0 Å². The number of hydrogen-bond donors (Lipinski definition) is 1. The Morgan fingerprint density at radius 1 is 1.05 bits per heavy atom. The van der Waals surface area contributed by atoms with E-state index in [1.54, 1.807) is 0 Å². The summed E-state index contributed by atoms with van der Waals surface area (Å²) in [7, 11) is 0. The van der Waals surface area contributed by atoms with Gasteiger partial charge in [0.25, 0.3) is 0 Å². The van der Waals surface area contributed by atoms with Crippen LogP contribution in [0.2, 0.25) is 0 Å². The lowest BCUT2D eigenvalue weighted by atomic mass is 10.0. The molecule has 96 valence electrons. The molecule has 1 aliphatic carbocycles. The molecule has 0 amide bonds. The first kappa shape index (κ1) is 12.1. The molecule has 0 spiro atoms. The van der Waals surface area contributed by atoms with Crippen LogP contribution in [0.15, 0.2) is 54.6 Å². The Bertz CT molecular complexity index is 574. The molecule has 2 N–H and O–H groups in total. The highest BCUT2D eigenvalue weighted by molar-refractivity contribution is 5.97. The van der Waals surface area contributed by atoms with E-state index in [0.717, 1.165) is 17.5 Å². The van der Waals surface area contributed by atoms with Gasteiger partial charge >= 0.3 is 0 Å². The first-order valence-electron chi connectivity index (χ1n) is 6.67. The fourth-order valence-electron chi connectivity index (χ4n) is 2.39. The highest BCUT2D eigenvalue weighted by Crippen LogP contribution is 2.38. The molecule has 0 heterocycles. The minimum Gasteiger partial charge on any atom is -0.327 e. The van der Waals surface area contributed by atoms with Crippen LogP contribution in [0.1, 0.15) is 33.8 Å². The SMILES string of the molecule is NC1CC1c1ccc(CC(=O)c2ccccc2)cc1. The third kappa shape index (κ3) is 2.74. The predicted molar refractivity (Wildman–Crippen MR) is 76.3 cm³/mol. The summed E-state index contributed by atoms with van der Waals surface area (Å²) in [5, 5.41) is 0. The minimum atomic E-state index is 0.163. The Labute approximate surface area is 113 Å². The van der Waals surface area contributed by atoms with Crippen molar-refractivity contribution < 1.29 is 4.79 Å². The number of rotatable bonds is 4. The zero-order valence-corrected chi connectivity index (χ0v) is 10.8. The summed E-state index contributed by atoms with van der Waals surface area (Å²) >= 11 is 0. The third-order valence-electron chi connectivity index (χ3n) is 3.71. The van der Waals surface area contributed by atoms with Gasteiger partial charge in [0.1, 0.15) is 0 Å². The Hall–Kier alpha value is -1.93. The lowest BCUT2D eigenvalue weighted by Gasteiger charge is -2.03. The molecule has 3 rings (SSSR count). The maximum atomic E-state index is 12.1. The Morgan fingerprint density at radius 3 is 2.26 bits per heavy atom. The second-order valence-corrected chi connectivity index (χ2v) is 5.21. The van der Waals surface area contributed by atoms with Crippen molar-refractivity contribution >= 4 is 5.78 Å². The van der Waals surface area contributed by atoms with Gasteiger partial charge in [-0.1, -0.05) is 54.6 Å². The second-order valence-electron chi connectivity index (χ2n) is 5.21. The van der Waals surface area contributed by atoms with Gasteiger partial charge in [0.15, 0.2) is 5.78 Å². The molecule has 0 radical (unpaired) electrons. The molecule has 0 aliphatic heterocycles. The van der Waals surface area contributed by atoms with Crippen LogP contribution in [0, 0.1) is 0 Å². The second kappa shape index (κ2) is 4.98. The lowest BCUT2D eigenvalue weighted by Crippen LogP contribution is -2.04. The summed E-state index contributed by atoms with van der Waals surface area (Å²) in [5.41, 5.74) is 8.97. The standard InChI is InChI=1S/C17H17NO/c18-16-11-15(16)13-8-6-12(7-9-13)10-17(19)14-4-2-1-3-5-14/h1-9,15-16H,10-11,18H2. The Kier molecular flexibility index (Phi) is 3.18. The van der Waals surface area contributed by atoms with E-state index >= 15 is 0 Å². The van der Waals surface area contributed by atoms with Crippen molar-refractivity contribution in [2.24, 2.45) is 5.73 Å². The molecule has 2 heteroatoms. The molecule has 2 aromatic rings. The minimum absolute atomic E-state index is 0.163. The maximum absolute atomic E-state index is 12.1. The summed E-state index contributed by atoms with van der Waals surface area (Å²) in [5.74, 6) is 0.690. The van der Waals surface area contributed by atoms with Crippen LogP contribution in [-0.4, -0.2) is 11.8 Å². The molecular formula is C17H17NO. The van der Waals surface area contributed by atoms with Crippen LogP contribution >= 0.6 is 0 Å². The number of nitrogens with two attached hydrogens (primary N) is 1. The van der Waals surface area contributed by atoms with Gasteiger partial charge in [-0.3, -0.25) is 4.79 Å². The molecule has 2 nitrogen and oxygen atoms in total. The molecule has 19 heavy (non-hydrogen) atoms. The van der Waals surface area contributed by atoms with Crippen LogP contribution in [0.5, 0.6) is 0 Å². The highest BCUT2D eigenvalue weighted by atomic mass is 16.1. The fourth-order valence-corrected chi connectivity index (χ4v) is 2.39. The summed E-state index contributed by atoms with van der Waals surface area (Å²) < 4.78 is 0. The molecule has 2 atom stereocenters. The van der Waals surface area contributed by atoms with Crippen molar-refractivity contribution in [2.75, 3.05) is 0 Å². The summed E-state index contributed by atoms with van der Waals surface area (Å²) in [6, 6.07) is 18.1. The predicted octanol–water partition coefficient (Wildman–Crippen LogP) is 2.93. The molecule has 0 saturated heterocycles. The van der Waals surface area contributed by atoms with Gasteiger partial charge in [0.05, 0.1) is 0 Å². The molecule has 1 aliphatic rings. The molecular weight excluding hydrogens is 234 g/mol. The van der Waals surface area contributed by atoms with Gasteiger partial charge in [-0.2, -0.15) is 0 Å². The van der Waals surface area contributed by atoms with E-state index in [1.807, 2.05) is 42.5 Å². The average molecular weight is 251 g/mol. The smallest absolute Gasteiger partial charge is 0.167 e. The van der Waals surface area contributed by atoms with Crippen molar-refractivity contribution in [2.45, 2.75) is 24.8 Å². The van der Waals surface area contributed by atoms with Crippen LogP contribution in [0.4, 0.5) is 0 Å². The molecule has 0 aromatic heterocycles. The number of hydrogen-bond acceptors (Lipinski definition) is 2. The number of ketones is 1. The van der Waals surface area contributed by atoms with E-state index in [1.165, 1.54) is 5.56 Å². The van der Waals surface area contributed by atoms with Crippen molar-refractivity contribution in [1.82, 2.24) is 0 Å². The van der Waals surface area contributed by atoms with Gasteiger partial charge in [-0.15, -0.1) is 0 Å². The summed E-state index contributed by atoms with van der Waals surface area (Å²) in [6.45, 7) is 0. The van der Waals surface area contributed by atoms with Crippen molar-refractivity contribution in [3.05, 3.63) is 71.3 Å². The van der Waals surface area contributed by atoms with Crippen LogP contribution in [0.3, 0.4) is 0 Å². The van der Waals surface area contributed by atoms with Crippen molar-refractivity contribution in [3.63, 3.8) is 0 Å². The first-order valence-corrected chi connectivity index (χ1v) is 6.67.